The second kappa shape index (κ2) is 8.67. The first-order valence-corrected chi connectivity index (χ1v) is 10.2. The zero-order chi connectivity index (χ0) is 21.1. The average Bonchev–Trinajstić information content (AvgIpc) is 3.10. The highest BCUT2D eigenvalue weighted by molar-refractivity contribution is 5.96. The van der Waals surface area contributed by atoms with Gasteiger partial charge in [-0.15, -0.1) is 0 Å². The second-order valence-electron chi connectivity index (χ2n) is 7.71. The maximum atomic E-state index is 12.8. The van der Waals surface area contributed by atoms with E-state index in [0.717, 1.165) is 17.0 Å². The molecule has 6 nitrogen and oxygen atoms in total. The number of hydrogen-bond acceptors (Lipinski definition) is 4. The Morgan fingerprint density at radius 2 is 2.07 bits per heavy atom. The summed E-state index contributed by atoms with van der Waals surface area (Å²) in [5.41, 5.74) is 2.28. The molecule has 0 radical (unpaired) electrons. The molecule has 2 heterocycles. The molecule has 162 valence electrons. The molecule has 0 atom stereocenters. The van der Waals surface area contributed by atoms with Crippen LogP contribution in [0, 0.1) is 0 Å². The molecule has 1 amide bonds. The zero-order valence-electron chi connectivity index (χ0n) is 16.5. The number of benzene rings is 1. The molecule has 1 aliphatic carbocycles. The first-order valence-electron chi connectivity index (χ1n) is 10.2. The molecule has 0 bridgehead atoms. The van der Waals surface area contributed by atoms with E-state index in [4.69, 9.17) is 9.47 Å². The van der Waals surface area contributed by atoms with Crippen molar-refractivity contribution < 1.29 is 27.4 Å². The molecule has 1 aromatic carbocycles. The zero-order valence-corrected chi connectivity index (χ0v) is 16.5. The van der Waals surface area contributed by atoms with Crippen LogP contribution in [0.5, 0.6) is 5.75 Å². The van der Waals surface area contributed by atoms with Crippen LogP contribution in [0.1, 0.15) is 42.5 Å². The van der Waals surface area contributed by atoms with Crippen molar-refractivity contribution in [2.75, 3.05) is 13.2 Å². The van der Waals surface area contributed by atoms with Crippen LogP contribution in [-0.4, -0.2) is 47.0 Å². The van der Waals surface area contributed by atoms with E-state index in [0.29, 0.717) is 44.4 Å². The monoisotopic (exact) mass is 423 g/mol. The lowest BCUT2D eigenvalue weighted by Gasteiger charge is -2.29. The molecule has 1 aliphatic heterocycles. The summed E-state index contributed by atoms with van der Waals surface area (Å²) >= 11 is 0. The van der Waals surface area contributed by atoms with Gasteiger partial charge >= 0.3 is 6.18 Å². The van der Waals surface area contributed by atoms with Crippen LogP contribution in [0.3, 0.4) is 0 Å². The molecule has 4 rings (SSSR count). The van der Waals surface area contributed by atoms with Gasteiger partial charge < -0.3 is 19.4 Å². The van der Waals surface area contributed by atoms with Crippen LogP contribution in [0.2, 0.25) is 0 Å². The van der Waals surface area contributed by atoms with E-state index >= 15 is 0 Å². The number of halogens is 3. The third kappa shape index (κ3) is 4.95. The van der Waals surface area contributed by atoms with E-state index in [1.54, 1.807) is 24.7 Å². The van der Waals surface area contributed by atoms with Crippen molar-refractivity contribution in [2.24, 2.45) is 0 Å². The van der Waals surface area contributed by atoms with E-state index in [9.17, 15) is 18.0 Å². The highest BCUT2D eigenvalue weighted by atomic mass is 19.4. The van der Waals surface area contributed by atoms with Crippen molar-refractivity contribution in [3.05, 3.63) is 36.3 Å². The molecule has 30 heavy (non-hydrogen) atoms. The molecule has 9 heteroatoms. The third-order valence-corrected chi connectivity index (χ3v) is 5.57. The summed E-state index contributed by atoms with van der Waals surface area (Å²) in [6.45, 7) is 0.926. The van der Waals surface area contributed by atoms with Gasteiger partial charge in [0.1, 0.15) is 12.4 Å². The fourth-order valence-electron chi connectivity index (χ4n) is 3.96. The predicted molar refractivity (Wildman–Crippen MR) is 103 cm³/mol. The summed E-state index contributed by atoms with van der Waals surface area (Å²) in [7, 11) is 0. The van der Waals surface area contributed by atoms with Gasteiger partial charge in [-0.2, -0.15) is 13.2 Å². The molecular weight excluding hydrogens is 399 g/mol. The minimum atomic E-state index is -4.19. The SMILES string of the molecule is O=C(NC1CCC(OCCC(F)(F)F)CC1)c1ccc2c(c1)-c1cncn1CCO2. The lowest BCUT2D eigenvalue weighted by molar-refractivity contribution is -0.150. The Morgan fingerprint density at radius 3 is 2.83 bits per heavy atom. The average molecular weight is 423 g/mol. The number of nitrogens with one attached hydrogen (secondary N) is 1. The van der Waals surface area contributed by atoms with Crippen molar-refractivity contribution in [1.29, 1.82) is 0 Å². The van der Waals surface area contributed by atoms with Gasteiger partial charge in [0, 0.05) is 17.2 Å². The maximum Gasteiger partial charge on any atom is 0.391 e. The summed E-state index contributed by atoms with van der Waals surface area (Å²) in [5, 5.41) is 3.04. The minimum absolute atomic E-state index is 0.0134. The number of imidazole rings is 1. The Morgan fingerprint density at radius 1 is 1.27 bits per heavy atom. The number of amides is 1. The van der Waals surface area contributed by atoms with Gasteiger partial charge in [-0.05, 0) is 43.9 Å². The third-order valence-electron chi connectivity index (χ3n) is 5.57. The summed E-state index contributed by atoms with van der Waals surface area (Å²) in [6.07, 6.45) is 0.856. The van der Waals surface area contributed by atoms with Crippen molar-refractivity contribution >= 4 is 5.91 Å². The Kier molecular flexibility index (Phi) is 5.99. The molecule has 1 N–H and O–H groups in total. The number of aromatic nitrogens is 2. The maximum absolute atomic E-state index is 12.8. The Balaban J connectivity index is 1.33. The predicted octanol–water partition coefficient (Wildman–Crippen LogP) is 3.95. The van der Waals surface area contributed by atoms with Gasteiger partial charge in [-0.3, -0.25) is 4.79 Å². The fraction of sp³-hybridized carbons (Fsp3) is 0.524. The lowest BCUT2D eigenvalue weighted by atomic mass is 9.92. The largest absolute Gasteiger partial charge is 0.491 e. The Labute approximate surface area is 172 Å². The minimum Gasteiger partial charge on any atom is -0.491 e. The molecule has 1 saturated carbocycles. The molecule has 0 spiro atoms. The van der Waals surface area contributed by atoms with Gasteiger partial charge in [0.15, 0.2) is 0 Å². The normalized spacial score (nSPS) is 21.2. The van der Waals surface area contributed by atoms with Crippen LogP contribution in [-0.2, 0) is 11.3 Å². The summed E-state index contributed by atoms with van der Waals surface area (Å²) in [6, 6.07) is 5.35. The molecule has 1 aromatic heterocycles. The molecule has 1 fully saturated rings. The summed E-state index contributed by atoms with van der Waals surface area (Å²) < 4.78 is 49.8. The molecule has 0 unspecified atom stereocenters. The Bertz CT molecular complexity index is 889. The number of carbonyl (C=O) groups is 1. The van der Waals surface area contributed by atoms with Crippen molar-refractivity contribution in [1.82, 2.24) is 14.9 Å². The van der Waals surface area contributed by atoms with E-state index in [1.807, 2.05) is 10.6 Å². The first-order chi connectivity index (χ1) is 14.4. The molecular formula is C21H24F3N3O3. The van der Waals surface area contributed by atoms with Crippen LogP contribution in [0.25, 0.3) is 11.3 Å². The number of fused-ring (bicyclic) bond motifs is 3. The molecule has 2 aromatic rings. The van der Waals surface area contributed by atoms with Crippen molar-refractivity contribution in [3.8, 4) is 17.0 Å². The Hall–Kier alpha value is -2.55. The second-order valence-corrected chi connectivity index (χ2v) is 7.71. The fourth-order valence-corrected chi connectivity index (χ4v) is 3.96. The number of ether oxygens (including phenoxy) is 2. The quantitative estimate of drug-likeness (QED) is 0.791. The van der Waals surface area contributed by atoms with Crippen LogP contribution >= 0.6 is 0 Å². The number of carbonyl (C=O) groups excluding carboxylic acids is 1. The van der Waals surface area contributed by atoms with Crippen LogP contribution < -0.4 is 10.1 Å². The molecule has 2 aliphatic rings. The van der Waals surface area contributed by atoms with E-state index < -0.39 is 12.6 Å². The number of hydrogen-bond donors (Lipinski definition) is 1. The number of alkyl halides is 3. The highest BCUT2D eigenvalue weighted by Gasteiger charge is 2.29. The number of nitrogens with zero attached hydrogens (tertiary/aromatic N) is 2. The summed E-state index contributed by atoms with van der Waals surface area (Å²) in [4.78, 5) is 17.0. The van der Waals surface area contributed by atoms with E-state index in [2.05, 4.69) is 10.3 Å². The highest BCUT2D eigenvalue weighted by Crippen LogP contribution is 2.33. The van der Waals surface area contributed by atoms with Gasteiger partial charge in [-0.1, -0.05) is 0 Å². The topological polar surface area (TPSA) is 65.4 Å². The summed E-state index contributed by atoms with van der Waals surface area (Å²) in [5.74, 6) is 0.553. The van der Waals surface area contributed by atoms with Gasteiger partial charge in [-0.25, -0.2) is 4.98 Å². The first kappa shape index (κ1) is 20.7. The van der Waals surface area contributed by atoms with Crippen LogP contribution in [0.15, 0.2) is 30.7 Å². The number of rotatable bonds is 5. The van der Waals surface area contributed by atoms with E-state index in [1.165, 1.54) is 0 Å². The molecule has 0 saturated heterocycles. The van der Waals surface area contributed by atoms with E-state index in [-0.39, 0.29) is 24.7 Å². The smallest absolute Gasteiger partial charge is 0.391 e. The van der Waals surface area contributed by atoms with Gasteiger partial charge in [0.05, 0.1) is 43.9 Å². The van der Waals surface area contributed by atoms with Gasteiger partial charge in [0.2, 0.25) is 0 Å². The lowest BCUT2D eigenvalue weighted by Crippen LogP contribution is -2.39. The standard InChI is InChI=1S/C21H24F3N3O3/c22-21(23,24)7-9-29-16-4-2-15(3-5-16)26-20(28)14-1-6-19-17(11-14)18-12-25-13-27(18)8-10-30-19/h1,6,11-13,15-16H,2-5,7-10H2,(H,26,28). The van der Waals surface area contributed by atoms with Crippen molar-refractivity contribution in [3.63, 3.8) is 0 Å². The van der Waals surface area contributed by atoms with Gasteiger partial charge in [0.25, 0.3) is 5.91 Å². The van der Waals surface area contributed by atoms with Crippen LogP contribution in [0.4, 0.5) is 13.2 Å². The van der Waals surface area contributed by atoms with Crippen molar-refractivity contribution in [2.45, 2.75) is 57.0 Å².